The molecule has 0 N–H and O–H groups in total. The molecule has 0 spiro atoms. The molecule has 11 heteroatoms. The second kappa shape index (κ2) is 7.18. The molecule has 0 fully saturated rings. The summed E-state index contributed by atoms with van der Waals surface area (Å²) >= 11 is 5.70. The lowest BCUT2D eigenvalue weighted by molar-refractivity contribution is -0.411. The average Bonchev–Trinajstić information content (AvgIpc) is 2.38. The van der Waals surface area contributed by atoms with Gasteiger partial charge in [-0.1, -0.05) is 15.9 Å². The number of hydrogen-bond donors (Lipinski definition) is 0. The van der Waals surface area contributed by atoms with E-state index in [1.807, 2.05) is 0 Å². The largest absolute Gasteiger partial charge is 0.525 e. The third-order valence-electron chi connectivity index (χ3n) is 2.12. The van der Waals surface area contributed by atoms with Crippen LogP contribution < -0.4 is 4.74 Å². The maximum absolute atomic E-state index is 13.2. The van der Waals surface area contributed by atoms with E-state index in [4.69, 9.17) is 0 Å². The van der Waals surface area contributed by atoms with Gasteiger partial charge in [0.2, 0.25) is 0 Å². The molecule has 0 saturated heterocycles. The van der Waals surface area contributed by atoms with E-state index < -0.39 is 24.6 Å². The van der Waals surface area contributed by atoms with Gasteiger partial charge >= 0.3 is 18.8 Å². The van der Waals surface area contributed by atoms with Crippen LogP contribution in [0.1, 0.15) is 10.4 Å². The summed E-state index contributed by atoms with van der Waals surface area (Å²) in [5.41, 5.74) is 0.128. The van der Waals surface area contributed by atoms with Gasteiger partial charge in [-0.3, -0.25) is 4.79 Å². The number of carbonyl (C=O) groups excluding carboxylic acids is 1. The molecule has 1 aromatic rings. The summed E-state index contributed by atoms with van der Waals surface area (Å²) < 4.78 is 80.8. The molecule has 0 saturated carbocycles. The lowest BCUT2D eigenvalue weighted by Crippen LogP contribution is -2.41. The molecule has 0 bridgehead atoms. The number of hydrogen-bond acceptors (Lipinski definition) is 3. The molecule has 0 aliphatic carbocycles. The van der Waals surface area contributed by atoms with Crippen molar-refractivity contribution in [3.8, 4) is 5.75 Å². The molecule has 0 amide bonds. The Hall–Kier alpha value is -0.810. The highest BCUT2D eigenvalue weighted by Gasteiger charge is 2.50. The molecular weight excluding hydrogens is 454 g/mol. The van der Waals surface area contributed by atoms with Gasteiger partial charge in [-0.05, 0) is 34.1 Å². The molecular formula is C11H6Br2F6O3. The summed E-state index contributed by atoms with van der Waals surface area (Å²) in [6.07, 6.45) is -14.5. The average molecular weight is 460 g/mol. The fourth-order valence-electron chi connectivity index (χ4n) is 1.21. The van der Waals surface area contributed by atoms with Crippen LogP contribution in [-0.4, -0.2) is 29.9 Å². The van der Waals surface area contributed by atoms with E-state index in [2.05, 4.69) is 41.3 Å². The van der Waals surface area contributed by atoms with Gasteiger partial charge in [-0.15, -0.1) is 13.2 Å². The van der Waals surface area contributed by atoms with Crippen molar-refractivity contribution in [3.05, 3.63) is 28.2 Å². The van der Waals surface area contributed by atoms with Crippen LogP contribution >= 0.6 is 31.9 Å². The van der Waals surface area contributed by atoms with Gasteiger partial charge < -0.3 is 4.74 Å². The smallest absolute Gasteiger partial charge is 0.427 e. The van der Waals surface area contributed by atoms with Gasteiger partial charge in [0.25, 0.3) is 0 Å². The van der Waals surface area contributed by atoms with E-state index in [1.165, 1.54) is 0 Å². The van der Waals surface area contributed by atoms with Gasteiger partial charge in [-0.2, -0.15) is 8.78 Å². The zero-order valence-corrected chi connectivity index (χ0v) is 13.4. The molecule has 0 unspecified atom stereocenters. The maximum Gasteiger partial charge on any atom is 0.525 e. The topological polar surface area (TPSA) is 35.5 Å². The molecule has 1 atom stereocenters. The Labute approximate surface area is 136 Å². The van der Waals surface area contributed by atoms with E-state index in [0.717, 1.165) is 18.2 Å². The molecule has 1 rings (SSSR count). The SMILES string of the molecule is O=C(CBr)c1ccc(OC(F)(F)[C@H](F)OC(F)(F)F)c(Br)c1. The minimum absolute atomic E-state index is 0.0260. The maximum atomic E-state index is 13.2. The van der Waals surface area contributed by atoms with Crippen molar-refractivity contribution < 1.29 is 40.6 Å². The Morgan fingerprint density at radius 3 is 2.27 bits per heavy atom. The number of carbonyl (C=O) groups is 1. The van der Waals surface area contributed by atoms with Crippen molar-refractivity contribution >= 4 is 37.6 Å². The normalized spacial score (nSPS) is 13.8. The number of Topliss-reactive ketones (excluding diaryl/α,β-unsaturated/α-hetero) is 1. The Kier molecular flexibility index (Phi) is 6.27. The van der Waals surface area contributed by atoms with Crippen molar-refractivity contribution in [3.63, 3.8) is 0 Å². The fourth-order valence-corrected chi connectivity index (χ4v) is 2.00. The lowest BCUT2D eigenvalue weighted by atomic mass is 10.1. The summed E-state index contributed by atoms with van der Waals surface area (Å²) in [7, 11) is 0. The summed E-state index contributed by atoms with van der Waals surface area (Å²) in [6.45, 7) is 0. The van der Waals surface area contributed by atoms with Gasteiger partial charge in [0.05, 0.1) is 9.80 Å². The third-order valence-corrected chi connectivity index (χ3v) is 3.25. The zero-order chi connectivity index (χ0) is 17.1. The van der Waals surface area contributed by atoms with Crippen LogP contribution in [0.25, 0.3) is 0 Å². The van der Waals surface area contributed by atoms with Gasteiger partial charge in [0.15, 0.2) is 5.78 Å². The Morgan fingerprint density at radius 2 is 1.82 bits per heavy atom. The number of halogens is 8. The number of benzene rings is 1. The number of ketones is 1. The highest BCUT2D eigenvalue weighted by molar-refractivity contribution is 9.10. The quantitative estimate of drug-likeness (QED) is 0.347. The Bertz CT molecular complexity index is 549. The van der Waals surface area contributed by atoms with Gasteiger partial charge in [0, 0.05) is 5.56 Å². The Morgan fingerprint density at radius 1 is 1.23 bits per heavy atom. The molecule has 0 aliphatic heterocycles. The number of rotatable bonds is 6. The molecule has 124 valence electrons. The van der Waals surface area contributed by atoms with E-state index in [9.17, 15) is 31.1 Å². The molecule has 22 heavy (non-hydrogen) atoms. The minimum atomic E-state index is -5.59. The molecule has 0 aliphatic rings. The predicted octanol–water partition coefficient (Wildman–Crippen LogP) is 4.83. The highest BCUT2D eigenvalue weighted by Crippen LogP contribution is 2.35. The van der Waals surface area contributed by atoms with Crippen LogP contribution in [0.15, 0.2) is 22.7 Å². The first kappa shape index (κ1) is 19.2. The van der Waals surface area contributed by atoms with Crippen LogP contribution in [0.2, 0.25) is 0 Å². The summed E-state index contributed by atoms with van der Waals surface area (Å²) in [6, 6.07) is 3.08. The van der Waals surface area contributed by atoms with E-state index in [-0.39, 0.29) is 21.1 Å². The fraction of sp³-hybridized carbons (Fsp3) is 0.364. The summed E-state index contributed by atoms with van der Waals surface area (Å²) in [5, 5.41) is -0.0260. The van der Waals surface area contributed by atoms with E-state index >= 15 is 0 Å². The summed E-state index contributed by atoms with van der Waals surface area (Å²) in [4.78, 5) is 11.4. The summed E-state index contributed by atoms with van der Waals surface area (Å²) in [5.74, 6) is -1.03. The first-order valence-electron chi connectivity index (χ1n) is 5.30. The Balaban J connectivity index is 2.91. The standard InChI is InChI=1S/C11H6Br2F6O3/c12-4-7(20)5-1-2-8(6(13)3-5)21-10(15,16)9(14)22-11(17,18)19/h1-3,9H,4H2/t9-/m1/s1. The number of alkyl halides is 7. The van der Waals surface area contributed by atoms with Crippen molar-refractivity contribution in [2.24, 2.45) is 0 Å². The highest BCUT2D eigenvalue weighted by atomic mass is 79.9. The minimum Gasteiger partial charge on any atom is -0.427 e. The van der Waals surface area contributed by atoms with Crippen molar-refractivity contribution in [1.82, 2.24) is 0 Å². The van der Waals surface area contributed by atoms with Crippen LogP contribution in [0.3, 0.4) is 0 Å². The molecule has 0 radical (unpaired) electrons. The van der Waals surface area contributed by atoms with Crippen molar-refractivity contribution in [1.29, 1.82) is 0 Å². The van der Waals surface area contributed by atoms with Crippen molar-refractivity contribution in [2.75, 3.05) is 5.33 Å². The van der Waals surface area contributed by atoms with E-state index in [1.54, 1.807) is 0 Å². The lowest BCUT2D eigenvalue weighted by Gasteiger charge is -2.22. The van der Waals surface area contributed by atoms with Crippen LogP contribution in [0.5, 0.6) is 5.75 Å². The van der Waals surface area contributed by atoms with Crippen LogP contribution in [0.4, 0.5) is 26.3 Å². The second-order valence-corrected chi connectivity index (χ2v) is 5.16. The molecule has 0 aromatic heterocycles. The molecule has 3 nitrogen and oxygen atoms in total. The third kappa shape index (κ3) is 5.43. The first-order chi connectivity index (χ1) is 9.96. The van der Waals surface area contributed by atoms with Gasteiger partial charge in [0.1, 0.15) is 5.75 Å². The van der Waals surface area contributed by atoms with Crippen LogP contribution in [0, 0.1) is 0 Å². The number of ether oxygens (including phenoxy) is 2. The second-order valence-electron chi connectivity index (χ2n) is 3.75. The van der Waals surface area contributed by atoms with Gasteiger partial charge in [-0.25, -0.2) is 9.13 Å². The van der Waals surface area contributed by atoms with Crippen LogP contribution in [-0.2, 0) is 4.74 Å². The molecule has 0 heterocycles. The predicted molar refractivity (Wildman–Crippen MR) is 69.9 cm³/mol. The van der Waals surface area contributed by atoms with Crippen molar-refractivity contribution in [2.45, 2.75) is 18.8 Å². The zero-order valence-electron chi connectivity index (χ0n) is 10.3. The first-order valence-corrected chi connectivity index (χ1v) is 7.22. The monoisotopic (exact) mass is 458 g/mol. The molecule has 1 aromatic carbocycles. The van der Waals surface area contributed by atoms with E-state index in [0.29, 0.717) is 0 Å².